The lowest BCUT2D eigenvalue weighted by Crippen LogP contribution is -1.97. The largest absolute Gasteiger partial charge is 0.478 e. The summed E-state index contributed by atoms with van der Waals surface area (Å²) in [4.78, 5) is 14.6. The Morgan fingerprint density at radius 1 is 1.33 bits per heavy atom. The number of ether oxygens (including phenoxy) is 1. The van der Waals surface area contributed by atoms with E-state index in [0.29, 0.717) is 11.5 Å². The van der Waals surface area contributed by atoms with Gasteiger partial charge in [0.1, 0.15) is 11.5 Å². The lowest BCUT2D eigenvalue weighted by atomic mass is 10.2. The van der Waals surface area contributed by atoms with E-state index in [-0.39, 0.29) is 5.56 Å². The summed E-state index contributed by atoms with van der Waals surface area (Å²) >= 11 is 3.39. The molecule has 92 valence electrons. The average molecular weight is 308 g/mol. The van der Waals surface area contributed by atoms with Crippen molar-refractivity contribution in [2.75, 3.05) is 0 Å². The van der Waals surface area contributed by atoms with Crippen LogP contribution in [0.1, 0.15) is 15.9 Å². The Bertz CT molecular complexity index is 599. The Hall–Kier alpha value is -1.88. The molecule has 1 heterocycles. The Labute approximate surface area is 112 Å². The van der Waals surface area contributed by atoms with Crippen molar-refractivity contribution < 1.29 is 14.6 Å². The Morgan fingerprint density at radius 3 is 2.78 bits per heavy atom. The molecular weight excluding hydrogens is 298 g/mol. The zero-order valence-electron chi connectivity index (χ0n) is 9.55. The van der Waals surface area contributed by atoms with Gasteiger partial charge in [0.25, 0.3) is 0 Å². The zero-order valence-corrected chi connectivity index (χ0v) is 11.1. The second kappa shape index (κ2) is 5.18. The van der Waals surface area contributed by atoms with Crippen LogP contribution in [0.4, 0.5) is 0 Å². The van der Waals surface area contributed by atoms with Crippen LogP contribution in [0.15, 0.2) is 41.1 Å². The monoisotopic (exact) mass is 307 g/mol. The van der Waals surface area contributed by atoms with Crippen LogP contribution in [0.25, 0.3) is 0 Å². The molecule has 0 bridgehead atoms. The summed E-state index contributed by atoms with van der Waals surface area (Å²) in [5, 5.41) is 8.86. The van der Waals surface area contributed by atoms with Crippen molar-refractivity contribution in [3.05, 3.63) is 52.3 Å². The number of benzene rings is 1. The molecule has 0 aliphatic rings. The molecule has 0 fully saturated rings. The Kier molecular flexibility index (Phi) is 3.62. The van der Waals surface area contributed by atoms with Crippen molar-refractivity contribution >= 4 is 21.9 Å². The van der Waals surface area contributed by atoms with Crippen LogP contribution in [0, 0.1) is 6.92 Å². The highest BCUT2D eigenvalue weighted by Crippen LogP contribution is 2.30. The molecule has 0 spiro atoms. The molecule has 0 radical (unpaired) electrons. The minimum absolute atomic E-state index is 0.0933. The Morgan fingerprint density at radius 2 is 2.11 bits per heavy atom. The molecule has 1 N–H and O–H groups in total. The lowest BCUT2D eigenvalue weighted by Gasteiger charge is -2.08. The minimum atomic E-state index is -1.03. The number of nitrogens with zero attached hydrogens (tertiary/aromatic N) is 1. The summed E-state index contributed by atoms with van der Waals surface area (Å²) in [6.45, 7) is 1.97. The first-order chi connectivity index (χ1) is 8.56. The summed E-state index contributed by atoms with van der Waals surface area (Å²) in [5.41, 5.74) is 1.20. The van der Waals surface area contributed by atoms with Crippen LogP contribution in [0.2, 0.25) is 0 Å². The molecule has 0 atom stereocenters. The molecule has 18 heavy (non-hydrogen) atoms. The van der Waals surface area contributed by atoms with Gasteiger partial charge in [-0.25, -0.2) is 4.79 Å². The molecule has 2 rings (SSSR count). The van der Waals surface area contributed by atoms with Gasteiger partial charge in [-0.2, -0.15) is 0 Å². The fourth-order valence-corrected chi connectivity index (χ4v) is 1.98. The van der Waals surface area contributed by atoms with Crippen LogP contribution < -0.4 is 4.74 Å². The van der Waals surface area contributed by atoms with Gasteiger partial charge in [0.05, 0.1) is 16.2 Å². The number of hydrogen-bond donors (Lipinski definition) is 1. The molecular formula is C13H10BrNO3. The highest BCUT2D eigenvalue weighted by Gasteiger charge is 2.07. The summed E-state index contributed by atoms with van der Waals surface area (Å²) in [5.74, 6) is -0.0275. The van der Waals surface area contributed by atoms with Crippen molar-refractivity contribution in [2.24, 2.45) is 0 Å². The van der Waals surface area contributed by atoms with Gasteiger partial charge in [0, 0.05) is 6.20 Å². The standard InChI is InChI=1S/C13H10BrNO3/c1-8-2-3-12(11(14)4-8)18-10-5-9(13(16)17)6-15-7-10/h2-7H,1H3,(H,16,17). The smallest absolute Gasteiger partial charge is 0.337 e. The number of rotatable bonds is 3. The molecule has 0 amide bonds. The summed E-state index contributed by atoms with van der Waals surface area (Å²) in [6, 6.07) is 7.08. The quantitative estimate of drug-likeness (QED) is 0.940. The number of aryl methyl sites for hydroxylation is 1. The summed E-state index contributed by atoms with van der Waals surface area (Å²) in [6.07, 6.45) is 2.75. The second-order valence-corrected chi connectivity index (χ2v) is 4.60. The summed E-state index contributed by atoms with van der Waals surface area (Å²) < 4.78 is 6.39. The van der Waals surface area contributed by atoms with E-state index in [1.54, 1.807) is 0 Å². The number of hydrogen-bond acceptors (Lipinski definition) is 3. The van der Waals surface area contributed by atoms with E-state index in [4.69, 9.17) is 9.84 Å². The number of halogens is 1. The molecule has 5 heteroatoms. The van der Waals surface area contributed by atoms with Gasteiger partial charge in [-0.1, -0.05) is 6.07 Å². The van der Waals surface area contributed by atoms with Crippen molar-refractivity contribution in [1.29, 1.82) is 0 Å². The van der Waals surface area contributed by atoms with Gasteiger partial charge in [-0.15, -0.1) is 0 Å². The highest BCUT2D eigenvalue weighted by molar-refractivity contribution is 9.10. The fourth-order valence-electron chi connectivity index (χ4n) is 1.41. The zero-order chi connectivity index (χ0) is 13.1. The predicted molar refractivity (Wildman–Crippen MR) is 70.1 cm³/mol. The first-order valence-corrected chi connectivity index (χ1v) is 5.98. The first kappa shape index (κ1) is 12.6. The molecule has 0 aliphatic heterocycles. The highest BCUT2D eigenvalue weighted by atomic mass is 79.9. The van der Waals surface area contributed by atoms with E-state index in [0.717, 1.165) is 10.0 Å². The third-order valence-corrected chi connectivity index (χ3v) is 2.90. The summed E-state index contributed by atoms with van der Waals surface area (Å²) in [7, 11) is 0. The van der Waals surface area contributed by atoms with E-state index >= 15 is 0 Å². The molecule has 4 nitrogen and oxygen atoms in total. The third kappa shape index (κ3) is 2.87. The number of aromatic nitrogens is 1. The van der Waals surface area contributed by atoms with Crippen molar-refractivity contribution in [1.82, 2.24) is 4.98 Å². The molecule has 2 aromatic rings. The second-order valence-electron chi connectivity index (χ2n) is 3.75. The van der Waals surface area contributed by atoms with Gasteiger partial charge >= 0.3 is 5.97 Å². The number of pyridine rings is 1. The lowest BCUT2D eigenvalue weighted by molar-refractivity contribution is 0.0696. The van der Waals surface area contributed by atoms with Crippen molar-refractivity contribution in [2.45, 2.75) is 6.92 Å². The van der Waals surface area contributed by atoms with Crippen molar-refractivity contribution in [3.8, 4) is 11.5 Å². The first-order valence-electron chi connectivity index (χ1n) is 5.18. The van der Waals surface area contributed by atoms with Gasteiger partial charge in [0.2, 0.25) is 0 Å². The molecule has 0 saturated heterocycles. The van der Waals surface area contributed by atoms with Gasteiger partial charge < -0.3 is 9.84 Å². The maximum Gasteiger partial charge on any atom is 0.337 e. The van der Waals surface area contributed by atoms with Crippen molar-refractivity contribution in [3.63, 3.8) is 0 Å². The molecule has 0 unspecified atom stereocenters. The number of aromatic carboxylic acids is 1. The normalized spacial score (nSPS) is 10.1. The van der Waals surface area contributed by atoms with E-state index < -0.39 is 5.97 Å². The van der Waals surface area contributed by atoms with Crippen LogP contribution in [-0.2, 0) is 0 Å². The van der Waals surface area contributed by atoms with Gasteiger partial charge in [-0.3, -0.25) is 4.98 Å². The van der Waals surface area contributed by atoms with Gasteiger partial charge in [-0.05, 0) is 46.6 Å². The molecule has 1 aromatic heterocycles. The SMILES string of the molecule is Cc1ccc(Oc2cncc(C(=O)O)c2)c(Br)c1. The molecule has 0 saturated carbocycles. The van der Waals surface area contributed by atoms with E-state index in [1.807, 2.05) is 25.1 Å². The topological polar surface area (TPSA) is 59.4 Å². The molecule has 0 aliphatic carbocycles. The predicted octanol–water partition coefficient (Wildman–Crippen LogP) is 3.64. The van der Waals surface area contributed by atoms with E-state index in [1.165, 1.54) is 18.5 Å². The molecule has 1 aromatic carbocycles. The van der Waals surface area contributed by atoms with E-state index in [2.05, 4.69) is 20.9 Å². The van der Waals surface area contributed by atoms with E-state index in [9.17, 15) is 4.79 Å². The maximum atomic E-state index is 10.8. The van der Waals surface area contributed by atoms with Crippen LogP contribution >= 0.6 is 15.9 Å². The number of carboxylic acids is 1. The van der Waals surface area contributed by atoms with Crippen LogP contribution in [0.5, 0.6) is 11.5 Å². The van der Waals surface area contributed by atoms with Crippen LogP contribution in [0.3, 0.4) is 0 Å². The average Bonchev–Trinajstić information content (AvgIpc) is 2.33. The maximum absolute atomic E-state index is 10.8. The van der Waals surface area contributed by atoms with Crippen LogP contribution in [-0.4, -0.2) is 16.1 Å². The number of carboxylic acid groups (broad SMARTS) is 1. The third-order valence-electron chi connectivity index (χ3n) is 2.28. The Balaban J connectivity index is 2.28. The number of carbonyl (C=O) groups is 1. The van der Waals surface area contributed by atoms with Gasteiger partial charge in [0.15, 0.2) is 0 Å². The fraction of sp³-hybridized carbons (Fsp3) is 0.0769. The minimum Gasteiger partial charge on any atom is -0.478 e.